The van der Waals surface area contributed by atoms with Gasteiger partial charge in [-0.15, -0.1) is 0 Å². The third-order valence-corrected chi connectivity index (χ3v) is 2.89. The summed E-state index contributed by atoms with van der Waals surface area (Å²) >= 11 is 0. The summed E-state index contributed by atoms with van der Waals surface area (Å²) in [6, 6.07) is 7.51. The highest BCUT2D eigenvalue weighted by Gasteiger charge is 2.25. The fourth-order valence-electron chi connectivity index (χ4n) is 2.04. The number of anilines is 1. The highest BCUT2D eigenvalue weighted by atomic mass is 16.4. The molecule has 1 fully saturated rings. The largest absolute Gasteiger partial charge is 0.478 e. The molecule has 0 aromatic heterocycles. The minimum atomic E-state index is -0.870. The van der Waals surface area contributed by atoms with Crippen molar-refractivity contribution < 1.29 is 9.90 Å². The van der Waals surface area contributed by atoms with Gasteiger partial charge in [0.15, 0.2) is 0 Å². The SMILES string of the molecule is CC1CC(Nc2ccccc2C(=O)O)C1. The molecule has 0 spiro atoms. The zero-order valence-electron chi connectivity index (χ0n) is 8.73. The number of hydrogen-bond acceptors (Lipinski definition) is 2. The number of carboxylic acid groups (broad SMARTS) is 1. The van der Waals surface area contributed by atoms with Gasteiger partial charge in [-0.25, -0.2) is 4.79 Å². The van der Waals surface area contributed by atoms with Crippen LogP contribution in [0.2, 0.25) is 0 Å². The van der Waals surface area contributed by atoms with E-state index in [1.54, 1.807) is 12.1 Å². The minimum absolute atomic E-state index is 0.358. The van der Waals surface area contributed by atoms with Crippen LogP contribution in [0.15, 0.2) is 24.3 Å². The van der Waals surface area contributed by atoms with Crippen molar-refractivity contribution in [1.82, 2.24) is 0 Å². The Morgan fingerprint density at radius 1 is 1.40 bits per heavy atom. The lowest BCUT2D eigenvalue weighted by molar-refractivity contribution is 0.0698. The minimum Gasteiger partial charge on any atom is -0.478 e. The van der Waals surface area contributed by atoms with E-state index in [9.17, 15) is 4.79 Å². The monoisotopic (exact) mass is 205 g/mol. The van der Waals surface area contributed by atoms with E-state index >= 15 is 0 Å². The van der Waals surface area contributed by atoms with Gasteiger partial charge in [0, 0.05) is 11.7 Å². The molecule has 15 heavy (non-hydrogen) atoms. The van der Waals surface area contributed by atoms with Gasteiger partial charge in [0.2, 0.25) is 0 Å². The maximum absolute atomic E-state index is 10.9. The van der Waals surface area contributed by atoms with Crippen molar-refractivity contribution in [3.05, 3.63) is 29.8 Å². The van der Waals surface area contributed by atoms with Crippen molar-refractivity contribution in [2.45, 2.75) is 25.8 Å². The van der Waals surface area contributed by atoms with Crippen molar-refractivity contribution >= 4 is 11.7 Å². The molecule has 1 aromatic rings. The van der Waals surface area contributed by atoms with Gasteiger partial charge in [-0.1, -0.05) is 19.1 Å². The third-order valence-electron chi connectivity index (χ3n) is 2.89. The smallest absolute Gasteiger partial charge is 0.337 e. The van der Waals surface area contributed by atoms with Gasteiger partial charge in [0.1, 0.15) is 0 Å². The number of nitrogens with one attached hydrogen (secondary N) is 1. The number of carboxylic acids is 1. The Bertz CT molecular complexity index is 370. The van der Waals surface area contributed by atoms with Crippen LogP contribution in [0.5, 0.6) is 0 Å². The second-order valence-electron chi connectivity index (χ2n) is 4.27. The van der Waals surface area contributed by atoms with Crippen molar-refractivity contribution in [3.63, 3.8) is 0 Å². The molecule has 3 nitrogen and oxygen atoms in total. The summed E-state index contributed by atoms with van der Waals surface area (Å²) in [5.74, 6) is -0.107. The van der Waals surface area contributed by atoms with Gasteiger partial charge >= 0.3 is 5.97 Å². The average molecular weight is 205 g/mol. The van der Waals surface area contributed by atoms with Crippen LogP contribution in [-0.4, -0.2) is 17.1 Å². The molecule has 2 N–H and O–H groups in total. The van der Waals surface area contributed by atoms with Crippen molar-refractivity contribution in [2.24, 2.45) is 5.92 Å². The summed E-state index contributed by atoms with van der Waals surface area (Å²) in [6.45, 7) is 2.21. The molecule has 0 atom stereocenters. The van der Waals surface area contributed by atoms with Gasteiger partial charge in [-0.3, -0.25) is 0 Å². The highest BCUT2D eigenvalue weighted by molar-refractivity contribution is 5.94. The van der Waals surface area contributed by atoms with Crippen LogP contribution in [0.3, 0.4) is 0 Å². The molecule has 1 aromatic carbocycles. The van der Waals surface area contributed by atoms with Crippen LogP contribution in [0, 0.1) is 5.92 Å². The van der Waals surface area contributed by atoms with E-state index in [1.807, 2.05) is 12.1 Å². The normalized spacial score (nSPS) is 24.3. The first-order valence-electron chi connectivity index (χ1n) is 5.25. The Morgan fingerprint density at radius 3 is 2.67 bits per heavy atom. The Kier molecular flexibility index (Phi) is 2.62. The first-order chi connectivity index (χ1) is 7.16. The highest BCUT2D eigenvalue weighted by Crippen LogP contribution is 2.30. The second-order valence-corrected chi connectivity index (χ2v) is 4.27. The summed E-state index contributed by atoms with van der Waals surface area (Å²) in [7, 11) is 0. The first-order valence-corrected chi connectivity index (χ1v) is 5.25. The average Bonchev–Trinajstić information content (AvgIpc) is 2.16. The fraction of sp³-hybridized carbons (Fsp3) is 0.417. The molecule has 0 saturated heterocycles. The molecular weight excluding hydrogens is 190 g/mol. The number of aromatic carboxylic acids is 1. The summed E-state index contributed by atoms with van der Waals surface area (Å²) in [5.41, 5.74) is 1.10. The molecule has 0 heterocycles. The van der Waals surface area contributed by atoms with Gasteiger partial charge in [0.25, 0.3) is 0 Å². The Hall–Kier alpha value is -1.51. The Morgan fingerprint density at radius 2 is 2.07 bits per heavy atom. The van der Waals surface area contributed by atoms with Gasteiger partial charge in [-0.2, -0.15) is 0 Å². The molecule has 0 radical (unpaired) electrons. The molecule has 1 saturated carbocycles. The van der Waals surface area contributed by atoms with E-state index < -0.39 is 5.97 Å². The summed E-state index contributed by atoms with van der Waals surface area (Å²) in [5, 5.41) is 12.3. The quantitative estimate of drug-likeness (QED) is 0.797. The zero-order valence-corrected chi connectivity index (χ0v) is 8.73. The van der Waals surface area contributed by atoms with E-state index in [4.69, 9.17) is 5.11 Å². The van der Waals surface area contributed by atoms with E-state index in [0.717, 1.165) is 24.4 Å². The van der Waals surface area contributed by atoms with E-state index in [2.05, 4.69) is 12.2 Å². The van der Waals surface area contributed by atoms with Crippen LogP contribution >= 0.6 is 0 Å². The number of rotatable bonds is 3. The van der Waals surface area contributed by atoms with Crippen LogP contribution in [0.4, 0.5) is 5.69 Å². The van der Waals surface area contributed by atoms with E-state index in [1.165, 1.54) is 0 Å². The standard InChI is InChI=1S/C12H15NO2/c1-8-6-9(7-8)13-11-5-3-2-4-10(11)12(14)15/h2-5,8-9,13H,6-7H2,1H3,(H,14,15). The zero-order chi connectivity index (χ0) is 10.8. The van der Waals surface area contributed by atoms with Crippen LogP contribution < -0.4 is 5.32 Å². The Labute approximate surface area is 89.1 Å². The number of carbonyl (C=O) groups is 1. The predicted octanol–water partition coefficient (Wildman–Crippen LogP) is 2.60. The number of benzene rings is 1. The molecule has 0 aliphatic heterocycles. The van der Waals surface area contributed by atoms with E-state index in [-0.39, 0.29) is 0 Å². The maximum Gasteiger partial charge on any atom is 0.337 e. The Balaban J connectivity index is 2.10. The molecule has 0 bridgehead atoms. The van der Waals surface area contributed by atoms with Crippen molar-refractivity contribution in [3.8, 4) is 0 Å². The number of hydrogen-bond donors (Lipinski definition) is 2. The van der Waals surface area contributed by atoms with Gasteiger partial charge < -0.3 is 10.4 Å². The lowest BCUT2D eigenvalue weighted by Gasteiger charge is -2.34. The fourth-order valence-corrected chi connectivity index (χ4v) is 2.04. The predicted molar refractivity (Wildman–Crippen MR) is 59.2 cm³/mol. The van der Waals surface area contributed by atoms with Crippen molar-refractivity contribution in [1.29, 1.82) is 0 Å². The summed E-state index contributed by atoms with van der Waals surface area (Å²) < 4.78 is 0. The van der Waals surface area contributed by atoms with Gasteiger partial charge in [0.05, 0.1) is 5.56 Å². The molecule has 1 aliphatic carbocycles. The first kappa shape index (κ1) is 10.0. The van der Waals surface area contributed by atoms with Crippen LogP contribution in [0.1, 0.15) is 30.1 Å². The molecule has 0 amide bonds. The van der Waals surface area contributed by atoms with Crippen LogP contribution in [-0.2, 0) is 0 Å². The molecular formula is C12H15NO2. The molecule has 80 valence electrons. The maximum atomic E-state index is 10.9. The molecule has 0 unspecified atom stereocenters. The van der Waals surface area contributed by atoms with Crippen LogP contribution in [0.25, 0.3) is 0 Å². The third kappa shape index (κ3) is 2.12. The van der Waals surface area contributed by atoms with Crippen molar-refractivity contribution in [2.75, 3.05) is 5.32 Å². The lowest BCUT2D eigenvalue weighted by Crippen LogP contribution is -2.34. The van der Waals surface area contributed by atoms with Gasteiger partial charge in [-0.05, 0) is 30.9 Å². The second kappa shape index (κ2) is 3.93. The number of para-hydroxylation sites is 1. The summed E-state index contributed by atoms with van der Waals surface area (Å²) in [4.78, 5) is 10.9. The lowest BCUT2D eigenvalue weighted by atomic mass is 9.81. The molecule has 3 heteroatoms. The van der Waals surface area contributed by atoms with E-state index in [0.29, 0.717) is 11.6 Å². The molecule has 2 rings (SSSR count). The topological polar surface area (TPSA) is 49.3 Å². The molecule has 1 aliphatic rings. The summed E-state index contributed by atoms with van der Waals surface area (Å²) in [6.07, 6.45) is 2.27.